The van der Waals surface area contributed by atoms with Crippen LogP contribution in [-0.4, -0.2) is 0 Å². The predicted molar refractivity (Wildman–Crippen MR) is 66.0 cm³/mol. The van der Waals surface area contributed by atoms with Crippen LogP contribution in [0.3, 0.4) is 0 Å². The Labute approximate surface area is 101 Å². The Kier molecular flexibility index (Phi) is 3.61. The van der Waals surface area contributed by atoms with Crippen LogP contribution in [0.1, 0.15) is 16.9 Å². The summed E-state index contributed by atoms with van der Waals surface area (Å²) in [5, 5.41) is 5.50. The van der Waals surface area contributed by atoms with Crippen molar-refractivity contribution in [2.45, 2.75) is 20.0 Å². The van der Waals surface area contributed by atoms with Crippen molar-refractivity contribution in [3.8, 4) is 0 Å². The van der Waals surface area contributed by atoms with Gasteiger partial charge < -0.3 is 9.73 Å². The number of furan rings is 1. The molecule has 0 bridgehead atoms. The van der Waals surface area contributed by atoms with Gasteiger partial charge in [0.1, 0.15) is 5.76 Å². The molecule has 1 N–H and O–H groups in total. The lowest BCUT2D eigenvalue weighted by atomic mass is 10.3. The van der Waals surface area contributed by atoms with E-state index in [1.165, 1.54) is 14.9 Å². The maximum Gasteiger partial charge on any atom is 0.120 e. The minimum atomic E-state index is 0.784. The highest BCUT2D eigenvalue weighted by Gasteiger charge is 2.01. The number of hydrogen-bond acceptors (Lipinski definition) is 3. The summed E-state index contributed by atoms with van der Waals surface area (Å²) in [6.45, 7) is 3.72. The second kappa shape index (κ2) is 4.96. The van der Waals surface area contributed by atoms with E-state index >= 15 is 0 Å². The number of hydrogen-bond donors (Lipinski definition) is 1. The Bertz CT molecular complexity index is 435. The first-order chi connectivity index (χ1) is 7.25. The molecular formula is C11H12BrNOS. The van der Waals surface area contributed by atoms with Gasteiger partial charge >= 0.3 is 0 Å². The molecule has 2 rings (SSSR count). The van der Waals surface area contributed by atoms with Gasteiger partial charge in [-0.05, 0) is 51.5 Å². The zero-order valence-electron chi connectivity index (χ0n) is 8.42. The molecular weight excluding hydrogens is 274 g/mol. The first-order valence-corrected chi connectivity index (χ1v) is 6.39. The molecule has 0 aromatic carbocycles. The van der Waals surface area contributed by atoms with Crippen LogP contribution in [-0.2, 0) is 13.1 Å². The molecule has 0 unspecified atom stereocenters. The summed E-state index contributed by atoms with van der Waals surface area (Å²) in [7, 11) is 0. The highest BCUT2D eigenvalue weighted by Crippen LogP contribution is 2.20. The summed E-state index contributed by atoms with van der Waals surface area (Å²) in [5.74, 6) is 1.02. The van der Waals surface area contributed by atoms with Crippen LogP contribution in [0.25, 0.3) is 0 Å². The Hall–Kier alpha value is -0.580. The van der Waals surface area contributed by atoms with Gasteiger partial charge in [0.2, 0.25) is 0 Å². The van der Waals surface area contributed by atoms with Crippen molar-refractivity contribution in [1.29, 1.82) is 0 Å². The minimum absolute atomic E-state index is 0.784. The minimum Gasteiger partial charge on any atom is -0.468 e. The number of nitrogens with one attached hydrogen (secondary N) is 1. The Balaban J connectivity index is 1.83. The molecule has 4 heteroatoms. The summed E-state index contributed by atoms with van der Waals surface area (Å²) in [5.41, 5.74) is 2.50. The molecule has 0 radical (unpaired) electrons. The average Bonchev–Trinajstić information content (AvgIpc) is 2.77. The number of rotatable bonds is 4. The van der Waals surface area contributed by atoms with Gasteiger partial charge in [-0.3, -0.25) is 0 Å². The SMILES string of the molecule is Cc1ccoc1CNCc1csc(Br)c1. The molecule has 2 heterocycles. The molecule has 2 nitrogen and oxygen atoms in total. The summed E-state index contributed by atoms with van der Waals surface area (Å²) in [6, 6.07) is 4.12. The zero-order valence-corrected chi connectivity index (χ0v) is 10.8. The summed E-state index contributed by atoms with van der Waals surface area (Å²) in [4.78, 5) is 0. The molecule has 80 valence electrons. The molecule has 2 aromatic rings. The lowest BCUT2D eigenvalue weighted by molar-refractivity contribution is 0.480. The fraction of sp³-hybridized carbons (Fsp3) is 0.273. The van der Waals surface area contributed by atoms with Crippen molar-refractivity contribution >= 4 is 27.3 Å². The number of thiophene rings is 1. The molecule has 0 spiro atoms. The Morgan fingerprint density at radius 2 is 2.33 bits per heavy atom. The van der Waals surface area contributed by atoms with E-state index in [2.05, 4.69) is 39.6 Å². The van der Waals surface area contributed by atoms with Gasteiger partial charge in [-0.15, -0.1) is 11.3 Å². The van der Waals surface area contributed by atoms with Crippen LogP contribution in [0.5, 0.6) is 0 Å². The average molecular weight is 286 g/mol. The van der Waals surface area contributed by atoms with Gasteiger partial charge in [-0.2, -0.15) is 0 Å². The Morgan fingerprint density at radius 1 is 1.47 bits per heavy atom. The molecule has 2 aromatic heterocycles. The number of aryl methyl sites for hydroxylation is 1. The maximum absolute atomic E-state index is 5.34. The molecule has 0 saturated heterocycles. The third-order valence-electron chi connectivity index (χ3n) is 2.20. The molecule has 0 aliphatic carbocycles. The van der Waals surface area contributed by atoms with Crippen molar-refractivity contribution in [3.05, 3.63) is 44.4 Å². The van der Waals surface area contributed by atoms with Gasteiger partial charge in [-0.1, -0.05) is 0 Å². The van der Waals surface area contributed by atoms with Crippen LogP contribution in [0.2, 0.25) is 0 Å². The summed E-state index contributed by atoms with van der Waals surface area (Å²) < 4.78 is 6.51. The second-order valence-electron chi connectivity index (χ2n) is 3.39. The molecule has 0 aliphatic heterocycles. The fourth-order valence-corrected chi connectivity index (χ4v) is 2.55. The van der Waals surface area contributed by atoms with Crippen LogP contribution < -0.4 is 5.32 Å². The van der Waals surface area contributed by atoms with Crippen LogP contribution >= 0.6 is 27.3 Å². The van der Waals surface area contributed by atoms with Gasteiger partial charge in [0, 0.05) is 6.54 Å². The van der Waals surface area contributed by atoms with E-state index in [1.54, 1.807) is 17.6 Å². The van der Waals surface area contributed by atoms with Gasteiger partial charge in [-0.25, -0.2) is 0 Å². The molecule has 15 heavy (non-hydrogen) atoms. The van der Waals surface area contributed by atoms with Crippen LogP contribution in [0.4, 0.5) is 0 Å². The van der Waals surface area contributed by atoms with E-state index in [1.807, 2.05) is 6.07 Å². The van der Waals surface area contributed by atoms with Crippen molar-refractivity contribution in [2.24, 2.45) is 0 Å². The Morgan fingerprint density at radius 3 is 2.93 bits per heavy atom. The van der Waals surface area contributed by atoms with E-state index in [0.29, 0.717) is 0 Å². The molecule has 0 amide bonds. The van der Waals surface area contributed by atoms with Crippen LogP contribution in [0.15, 0.2) is 32.0 Å². The van der Waals surface area contributed by atoms with Crippen molar-refractivity contribution in [1.82, 2.24) is 5.32 Å². The maximum atomic E-state index is 5.34. The normalized spacial score (nSPS) is 10.8. The van der Waals surface area contributed by atoms with Gasteiger partial charge in [0.25, 0.3) is 0 Å². The standard InChI is InChI=1S/C11H12BrNOS/c1-8-2-3-14-10(8)6-13-5-9-4-11(12)15-7-9/h2-4,7,13H,5-6H2,1H3. The van der Waals surface area contributed by atoms with Crippen molar-refractivity contribution in [3.63, 3.8) is 0 Å². The van der Waals surface area contributed by atoms with Gasteiger partial charge in [0.05, 0.1) is 16.6 Å². The lowest BCUT2D eigenvalue weighted by Crippen LogP contribution is -2.12. The van der Waals surface area contributed by atoms with E-state index < -0.39 is 0 Å². The quantitative estimate of drug-likeness (QED) is 0.927. The summed E-state index contributed by atoms with van der Waals surface area (Å²) >= 11 is 5.16. The predicted octanol–water partition coefficient (Wildman–Crippen LogP) is 3.70. The molecule has 0 aliphatic rings. The second-order valence-corrected chi connectivity index (χ2v) is 5.68. The number of halogens is 1. The topological polar surface area (TPSA) is 25.2 Å². The summed E-state index contributed by atoms with van der Waals surface area (Å²) in [6.07, 6.45) is 1.73. The van der Waals surface area contributed by atoms with Gasteiger partial charge in [0.15, 0.2) is 0 Å². The van der Waals surface area contributed by atoms with E-state index in [0.717, 1.165) is 18.8 Å². The van der Waals surface area contributed by atoms with E-state index in [-0.39, 0.29) is 0 Å². The zero-order chi connectivity index (χ0) is 10.7. The van der Waals surface area contributed by atoms with Crippen molar-refractivity contribution < 1.29 is 4.42 Å². The molecule has 0 fully saturated rings. The third kappa shape index (κ3) is 2.93. The third-order valence-corrected chi connectivity index (χ3v) is 3.76. The molecule has 0 atom stereocenters. The monoisotopic (exact) mass is 285 g/mol. The first-order valence-electron chi connectivity index (χ1n) is 4.72. The fourth-order valence-electron chi connectivity index (χ4n) is 1.34. The molecule has 0 saturated carbocycles. The van der Waals surface area contributed by atoms with E-state index in [9.17, 15) is 0 Å². The largest absolute Gasteiger partial charge is 0.468 e. The highest BCUT2D eigenvalue weighted by molar-refractivity contribution is 9.11. The van der Waals surface area contributed by atoms with Crippen molar-refractivity contribution in [2.75, 3.05) is 0 Å². The lowest BCUT2D eigenvalue weighted by Gasteiger charge is -2.01. The van der Waals surface area contributed by atoms with Crippen LogP contribution in [0, 0.1) is 6.92 Å². The smallest absolute Gasteiger partial charge is 0.120 e. The van der Waals surface area contributed by atoms with E-state index in [4.69, 9.17) is 4.42 Å². The first kappa shape index (κ1) is 10.9. The highest BCUT2D eigenvalue weighted by atomic mass is 79.9.